The van der Waals surface area contributed by atoms with Crippen LogP contribution in [0.5, 0.6) is 5.75 Å². The second-order valence-electron chi connectivity index (χ2n) is 8.25. The van der Waals surface area contributed by atoms with Crippen molar-refractivity contribution in [3.8, 4) is 5.75 Å². The minimum Gasteiger partial charge on any atom is -0.489 e. The van der Waals surface area contributed by atoms with Gasteiger partial charge >= 0.3 is 0 Å². The van der Waals surface area contributed by atoms with Crippen LogP contribution >= 0.6 is 0 Å². The Morgan fingerprint density at radius 3 is 2.71 bits per heavy atom. The summed E-state index contributed by atoms with van der Waals surface area (Å²) in [7, 11) is 0. The molecule has 9 heteroatoms. The molecular weight excluding hydrogens is 438 g/mol. The molecule has 0 aromatic heterocycles. The third kappa shape index (κ3) is 4.38. The number of hydrogen-bond donors (Lipinski definition) is 1. The quantitative estimate of drug-likeness (QED) is 0.644. The van der Waals surface area contributed by atoms with Crippen molar-refractivity contribution >= 4 is 23.6 Å². The standard InChI is InChI=1S/C25H25N3O6/c29-22-9-8-20(24(31)26-22)28-13-19-18(25(28)32)2-1-3-21(19)34-14-17-6-4-16(5-7-17)12-27-10-11-33-15-23(27)30/h1-7,20H,8-15H2,(H,26,29,31)/i1D,2D,13D2. The summed E-state index contributed by atoms with van der Waals surface area (Å²) in [6.07, 6.45) is -0.105. The highest BCUT2D eigenvalue weighted by molar-refractivity contribution is 6.05. The number of hydrogen-bond acceptors (Lipinski definition) is 6. The Morgan fingerprint density at radius 2 is 1.94 bits per heavy atom. The number of piperidine rings is 1. The Labute approximate surface area is 202 Å². The Bertz CT molecular complexity index is 1330. The normalized spacial score (nSPS) is 23.6. The van der Waals surface area contributed by atoms with E-state index in [1.807, 2.05) is 12.1 Å². The summed E-state index contributed by atoms with van der Waals surface area (Å²) in [4.78, 5) is 51.7. The first-order valence-electron chi connectivity index (χ1n) is 13.0. The van der Waals surface area contributed by atoms with Crippen LogP contribution in [0.25, 0.3) is 0 Å². The van der Waals surface area contributed by atoms with Crippen molar-refractivity contribution in [1.82, 2.24) is 15.1 Å². The maximum absolute atomic E-state index is 13.3. The Kier molecular flexibility index (Phi) is 4.83. The molecule has 0 aliphatic carbocycles. The monoisotopic (exact) mass is 467 g/mol. The molecule has 2 saturated heterocycles. The molecule has 2 aromatic rings. The topological polar surface area (TPSA) is 105 Å². The minimum absolute atomic E-state index is 0.0112. The molecular formula is C25H25N3O6. The smallest absolute Gasteiger partial charge is 0.255 e. The van der Waals surface area contributed by atoms with E-state index in [1.165, 1.54) is 6.07 Å². The van der Waals surface area contributed by atoms with Gasteiger partial charge in [-0.2, -0.15) is 0 Å². The van der Waals surface area contributed by atoms with Gasteiger partial charge in [-0.3, -0.25) is 24.5 Å². The molecule has 0 spiro atoms. The van der Waals surface area contributed by atoms with Crippen LogP contribution in [0.1, 0.15) is 45.4 Å². The van der Waals surface area contributed by atoms with Crippen LogP contribution in [-0.2, 0) is 38.8 Å². The van der Waals surface area contributed by atoms with E-state index in [0.29, 0.717) is 19.7 Å². The zero-order valence-corrected chi connectivity index (χ0v) is 18.3. The van der Waals surface area contributed by atoms with Gasteiger partial charge in [-0.25, -0.2) is 0 Å². The predicted molar refractivity (Wildman–Crippen MR) is 119 cm³/mol. The van der Waals surface area contributed by atoms with Gasteiger partial charge in [-0.05, 0) is 29.7 Å². The first-order chi connectivity index (χ1) is 18.1. The van der Waals surface area contributed by atoms with Crippen LogP contribution in [0.3, 0.4) is 0 Å². The number of nitrogens with one attached hydrogen (secondary N) is 1. The van der Waals surface area contributed by atoms with Crippen LogP contribution in [0, 0.1) is 0 Å². The number of morpholine rings is 1. The number of ether oxygens (including phenoxy) is 2. The molecule has 2 aromatic carbocycles. The van der Waals surface area contributed by atoms with Gasteiger partial charge in [0.15, 0.2) is 0 Å². The van der Waals surface area contributed by atoms with Gasteiger partial charge in [-0.15, -0.1) is 0 Å². The second-order valence-corrected chi connectivity index (χ2v) is 8.25. The number of rotatable bonds is 6. The predicted octanol–water partition coefficient (Wildman–Crippen LogP) is 1.39. The van der Waals surface area contributed by atoms with Crippen molar-refractivity contribution in [2.75, 3.05) is 19.8 Å². The van der Waals surface area contributed by atoms with Crippen LogP contribution in [-0.4, -0.2) is 59.2 Å². The maximum atomic E-state index is 13.3. The molecule has 1 atom stereocenters. The summed E-state index contributed by atoms with van der Waals surface area (Å²) >= 11 is 0. The SMILES string of the molecule is [2H]c1cc(OCc2ccc(CN3CCOCC3=O)cc2)c2c(c1[2H])C(=O)N(C1CCC(=O)NC1=O)C2([2H])[2H]. The molecule has 0 radical (unpaired) electrons. The fourth-order valence-electron chi connectivity index (χ4n) is 4.10. The Balaban J connectivity index is 1.37. The number of carbonyl (C=O) groups excluding carboxylic acids is 4. The summed E-state index contributed by atoms with van der Waals surface area (Å²) < 4.78 is 44.9. The van der Waals surface area contributed by atoms with Crippen molar-refractivity contribution < 1.29 is 34.1 Å². The van der Waals surface area contributed by atoms with E-state index in [2.05, 4.69) is 5.32 Å². The summed E-state index contributed by atoms with van der Waals surface area (Å²) in [5.74, 6) is -2.33. The second kappa shape index (κ2) is 9.26. The van der Waals surface area contributed by atoms with Gasteiger partial charge in [0.05, 0.1) is 18.6 Å². The molecule has 1 N–H and O–H groups in total. The van der Waals surface area contributed by atoms with Crippen molar-refractivity contribution in [3.63, 3.8) is 0 Å². The third-order valence-electron chi connectivity index (χ3n) is 5.96. The average Bonchev–Trinajstić information content (AvgIpc) is 3.08. The lowest BCUT2D eigenvalue weighted by atomic mass is 10.0. The highest BCUT2D eigenvalue weighted by atomic mass is 16.5. The van der Waals surface area contributed by atoms with Crippen molar-refractivity contribution in [2.45, 2.75) is 38.5 Å². The van der Waals surface area contributed by atoms with Crippen molar-refractivity contribution in [1.29, 1.82) is 0 Å². The molecule has 3 heterocycles. The van der Waals surface area contributed by atoms with E-state index in [-0.39, 0.29) is 54.9 Å². The molecule has 9 nitrogen and oxygen atoms in total. The zero-order valence-electron chi connectivity index (χ0n) is 22.3. The molecule has 5 rings (SSSR count). The third-order valence-corrected chi connectivity index (χ3v) is 5.96. The number of amides is 4. The molecule has 1 unspecified atom stereocenters. The van der Waals surface area contributed by atoms with Crippen molar-refractivity contribution in [2.24, 2.45) is 0 Å². The largest absolute Gasteiger partial charge is 0.489 e. The Hall–Kier alpha value is -3.72. The first-order valence-corrected chi connectivity index (χ1v) is 11.0. The van der Waals surface area contributed by atoms with E-state index in [4.69, 9.17) is 15.0 Å². The number of imide groups is 1. The lowest BCUT2D eigenvalue weighted by molar-refractivity contribution is -0.143. The molecule has 0 saturated carbocycles. The van der Waals surface area contributed by atoms with Gasteiger partial charge in [0, 0.05) is 30.6 Å². The van der Waals surface area contributed by atoms with Crippen LogP contribution in [0.15, 0.2) is 42.4 Å². The van der Waals surface area contributed by atoms with Gasteiger partial charge < -0.3 is 19.3 Å². The molecule has 34 heavy (non-hydrogen) atoms. The summed E-state index contributed by atoms with van der Waals surface area (Å²) in [5.41, 5.74) is 1.10. The van der Waals surface area contributed by atoms with E-state index < -0.39 is 36.3 Å². The first kappa shape index (κ1) is 17.7. The molecule has 0 bridgehead atoms. The van der Waals surface area contributed by atoms with Crippen molar-refractivity contribution in [3.05, 3.63) is 64.7 Å². The Morgan fingerprint density at radius 1 is 1.15 bits per heavy atom. The van der Waals surface area contributed by atoms with Crippen LogP contribution < -0.4 is 10.1 Å². The summed E-state index contributed by atoms with van der Waals surface area (Å²) in [6.45, 7) is -0.990. The van der Waals surface area contributed by atoms with Gasteiger partial charge in [-0.1, -0.05) is 30.3 Å². The highest BCUT2D eigenvalue weighted by Crippen LogP contribution is 2.34. The van der Waals surface area contributed by atoms with E-state index in [0.717, 1.165) is 16.0 Å². The average molecular weight is 468 g/mol. The summed E-state index contributed by atoms with van der Waals surface area (Å²) in [5, 5.41) is 2.13. The number of carbonyl (C=O) groups is 4. The lowest BCUT2D eigenvalue weighted by Crippen LogP contribution is -2.52. The molecule has 2 fully saturated rings. The fourth-order valence-corrected chi connectivity index (χ4v) is 4.10. The number of fused-ring (bicyclic) bond motifs is 1. The summed E-state index contributed by atoms with van der Waals surface area (Å²) in [6, 6.07) is 6.47. The molecule has 176 valence electrons. The van der Waals surface area contributed by atoms with Gasteiger partial charge in [0.2, 0.25) is 17.7 Å². The van der Waals surface area contributed by atoms with Crippen LogP contribution in [0.2, 0.25) is 0 Å². The van der Waals surface area contributed by atoms with E-state index >= 15 is 0 Å². The zero-order chi connectivity index (χ0) is 27.2. The molecule has 4 amide bonds. The molecule has 3 aliphatic heterocycles. The van der Waals surface area contributed by atoms with E-state index in [9.17, 15) is 19.2 Å². The number of nitrogens with zero attached hydrogens (tertiary/aromatic N) is 2. The highest BCUT2D eigenvalue weighted by Gasteiger charge is 2.40. The molecule has 3 aliphatic rings. The lowest BCUT2D eigenvalue weighted by Gasteiger charge is -2.29. The fraction of sp³-hybridized carbons (Fsp3) is 0.360. The van der Waals surface area contributed by atoms with Gasteiger partial charge in [0.25, 0.3) is 5.91 Å². The van der Waals surface area contributed by atoms with E-state index in [1.54, 1.807) is 17.0 Å². The number of benzene rings is 2. The minimum atomic E-state index is -2.51. The van der Waals surface area contributed by atoms with Gasteiger partial charge in [0.1, 0.15) is 25.0 Å². The van der Waals surface area contributed by atoms with Crippen LogP contribution in [0.4, 0.5) is 0 Å². The maximum Gasteiger partial charge on any atom is 0.255 e.